The third kappa shape index (κ3) is 5.57. The van der Waals surface area contributed by atoms with Gasteiger partial charge in [0.15, 0.2) is 0 Å². The van der Waals surface area contributed by atoms with E-state index in [1.165, 1.54) is 17.3 Å². The van der Waals surface area contributed by atoms with Crippen molar-refractivity contribution in [3.05, 3.63) is 65.2 Å². The molecule has 0 aromatic heterocycles. The van der Waals surface area contributed by atoms with Crippen molar-refractivity contribution in [2.45, 2.75) is 50.7 Å². The lowest BCUT2D eigenvalue weighted by molar-refractivity contribution is -0.130. The fraction of sp³-hybridized carbons (Fsp3) is 0.400. The van der Waals surface area contributed by atoms with Gasteiger partial charge in [0, 0.05) is 18.9 Å². The Morgan fingerprint density at radius 2 is 1.88 bits per heavy atom. The molecule has 3 unspecified atom stereocenters. The first-order valence-corrected chi connectivity index (χ1v) is 12.3. The van der Waals surface area contributed by atoms with E-state index >= 15 is 0 Å². The van der Waals surface area contributed by atoms with Crippen molar-refractivity contribution < 1.29 is 14.3 Å². The van der Waals surface area contributed by atoms with Crippen molar-refractivity contribution in [1.29, 1.82) is 0 Å². The summed E-state index contributed by atoms with van der Waals surface area (Å²) >= 11 is 1.40. The Balaban J connectivity index is 1.51. The Kier molecular flexibility index (Phi) is 7.35. The van der Waals surface area contributed by atoms with E-state index in [-0.39, 0.29) is 35.1 Å². The Hall–Kier alpha value is -2.84. The third-order valence-electron chi connectivity index (χ3n) is 6.03. The summed E-state index contributed by atoms with van der Waals surface area (Å²) in [5, 5.41) is 12.7. The summed E-state index contributed by atoms with van der Waals surface area (Å²) in [6.07, 6.45) is 1.98. The molecular formula is C25H30N4O3S. The summed E-state index contributed by atoms with van der Waals surface area (Å²) in [4.78, 5) is 25.2. The predicted molar refractivity (Wildman–Crippen MR) is 131 cm³/mol. The number of nitrogens with zero attached hydrogens (tertiary/aromatic N) is 2. The molecule has 0 bridgehead atoms. The molecular weight excluding hydrogens is 436 g/mol. The number of carbonyl (C=O) groups is 2. The molecule has 2 amide bonds. The minimum Gasteiger partial charge on any atom is -0.497 e. The number of benzene rings is 2. The molecule has 8 heteroatoms. The van der Waals surface area contributed by atoms with Gasteiger partial charge in [-0.15, -0.1) is 11.8 Å². The molecule has 174 valence electrons. The van der Waals surface area contributed by atoms with Crippen LogP contribution < -0.4 is 15.4 Å². The second-order valence-corrected chi connectivity index (χ2v) is 9.47. The van der Waals surface area contributed by atoms with Gasteiger partial charge in [0.05, 0.1) is 24.6 Å². The molecule has 2 aliphatic rings. The average molecular weight is 467 g/mol. The van der Waals surface area contributed by atoms with Crippen molar-refractivity contribution in [3.8, 4) is 5.75 Å². The highest BCUT2D eigenvalue weighted by Gasteiger charge is 2.34. The minimum atomic E-state index is -0.273. The van der Waals surface area contributed by atoms with E-state index in [9.17, 15) is 9.59 Å². The van der Waals surface area contributed by atoms with Crippen molar-refractivity contribution >= 4 is 29.3 Å². The van der Waals surface area contributed by atoms with Crippen LogP contribution in [-0.4, -0.2) is 46.9 Å². The topological polar surface area (TPSA) is 83.0 Å². The van der Waals surface area contributed by atoms with E-state index in [1.807, 2.05) is 31.2 Å². The van der Waals surface area contributed by atoms with Crippen molar-refractivity contribution in [2.24, 2.45) is 5.10 Å². The van der Waals surface area contributed by atoms with E-state index < -0.39 is 0 Å². The Bertz CT molecular complexity index is 1020. The SMILES string of the molecule is CCC1CC(=O)NC(SCC(=O)N2N=C(c3ccc(OC)cc3)CC2c2ccc(C)cc2)N1. The highest BCUT2D eigenvalue weighted by molar-refractivity contribution is 8.00. The van der Waals surface area contributed by atoms with Crippen molar-refractivity contribution in [2.75, 3.05) is 12.9 Å². The normalized spacial score (nSPS) is 22.6. The maximum Gasteiger partial charge on any atom is 0.253 e. The molecule has 2 aromatic rings. The van der Waals surface area contributed by atoms with Gasteiger partial charge in [0.25, 0.3) is 5.91 Å². The molecule has 0 aliphatic carbocycles. The number of thioether (sulfide) groups is 1. The maximum absolute atomic E-state index is 13.3. The van der Waals surface area contributed by atoms with Crippen LogP contribution in [0.1, 0.15) is 48.9 Å². The highest BCUT2D eigenvalue weighted by atomic mass is 32.2. The number of aryl methyl sites for hydroxylation is 1. The van der Waals surface area contributed by atoms with Gasteiger partial charge >= 0.3 is 0 Å². The number of carbonyl (C=O) groups excluding carboxylic acids is 2. The summed E-state index contributed by atoms with van der Waals surface area (Å²) in [7, 11) is 1.64. The third-order valence-corrected chi connectivity index (χ3v) is 7.03. The Morgan fingerprint density at radius 1 is 1.15 bits per heavy atom. The molecule has 2 N–H and O–H groups in total. The maximum atomic E-state index is 13.3. The molecule has 0 radical (unpaired) electrons. The van der Waals surface area contributed by atoms with E-state index in [0.29, 0.717) is 12.8 Å². The van der Waals surface area contributed by atoms with Crippen LogP contribution in [0.25, 0.3) is 0 Å². The van der Waals surface area contributed by atoms with Gasteiger partial charge in [-0.25, -0.2) is 5.01 Å². The Labute approximate surface area is 199 Å². The highest BCUT2D eigenvalue weighted by Crippen LogP contribution is 2.34. The van der Waals surface area contributed by atoms with Crippen LogP contribution in [0, 0.1) is 6.92 Å². The van der Waals surface area contributed by atoms with E-state index in [0.717, 1.165) is 29.0 Å². The van der Waals surface area contributed by atoms with E-state index in [2.05, 4.69) is 41.8 Å². The number of ether oxygens (including phenoxy) is 1. The fourth-order valence-electron chi connectivity index (χ4n) is 4.06. The molecule has 2 heterocycles. The fourth-order valence-corrected chi connectivity index (χ4v) is 5.01. The summed E-state index contributed by atoms with van der Waals surface area (Å²) in [5.41, 5.74) is 3.80. The van der Waals surface area contributed by atoms with Crippen LogP contribution >= 0.6 is 11.8 Å². The van der Waals surface area contributed by atoms with Gasteiger partial charge in [-0.1, -0.05) is 36.8 Å². The second kappa shape index (κ2) is 10.4. The van der Waals surface area contributed by atoms with E-state index in [1.54, 1.807) is 12.1 Å². The molecule has 1 saturated heterocycles. The van der Waals surface area contributed by atoms with Crippen LogP contribution in [0.15, 0.2) is 53.6 Å². The second-order valence-electron chi connectivity index (χ2n) is 8.38. The first-order chi connectivity index (χ1) is 16.0. The first-order valence-electron chi connectivity index (χ1n) is 11.2. The lowest BCUT2D eigenvalue weighted by Gasteiger charge is -2.31. The summed E-state index contributed by atoms with van der Waals surface area (Å²) in [6, 6.07) is 16.0. The lowest BCUT2D eigenvalue weighted by atomic mass is 9.97. The van der Waals surface area contributed by atoms with Gasteiger partial charge in [-0.3, -0.25) is 14.9 Å². The van der Waals surface area contributed by atoms with Crippen LogP contribution in [-0.2, 0) is 9.59 Å². The Morgan fingerprint density at radius 3 is 2.55 bits per heavy atom. The van der Waals surface area contributed by atoms with Gasteiger partial charge in [-0.05, 0) is 48.7 Å². The summed E-state index contributed by atoms with van der Waals surface area (Å²) in [6.45, 7) is 4.10. The predicted octanol–water partition coefficient (Wildman–Crippen LogP) is 3.59. The lowest BCUT2D eigenvalue weighted by Crippen LogP contribution is -2.54. The monoisotopic (exact) mass is 466 g/mol. The molecule has 2 aliphatic heterocycles. The molecule has 3 atom stereocenters. The van der Waals surface area contributed by atoms with Gasteiger partial charge in [-0.2, -0.15) is 5.10 Å². The standard InChI is InChI=1S/C25H30N4O3S/c1-4-19-13-23(30)27-25(26-19)33-15-24(31)29-22(18-7-5-16(2)6-8-18)14-21(28-29)17-9-11-20(32-3)12-10-17/h5-12,19,22,25-26H,4,13-15H2,1-3H3,(H,27,30). The van der Waals surface area contributed by atoms with Gasteiger partial charge in [0.2, 0.25) is 5.91 Å². The molecule has 2 aromatic carbocycles. The van der Waals surface area contributed by atoms with Gasteiger partial charge in [0.1, 0.15) is 11.2 Å². The molecule has 0 spiro atoms. The van der Waals surface area contributed by atoms with Gasteiger partial charge < -0.3 is 10.1 Å². The van der Waals surface area contributed by atoms with Crippen LogP contribution in [0.4, 0.5) is 0 Å². The van der Waals surface area contributed by atoms with Crippen LogP contribution in [0.3, 0.4) is 0 Å². The number of amides is 2. The molecule has 1 fully saturated rings. The summed E-state index contributed by atoms with van der Waals surface area (Å²) in [5.74, 6) is 0.938. The molecule has 4 rings (SSSR count). The number of nitrogens with one attached hydrogen (secondary N) is 2. The quantitative estimate of drug-likeness (QED) is 0.652. The smallest absolute Gasteiger partial charge is 0.253 e. The first kappa shape index (κ1) is 23.3. The zero-order valence-corrected chi connectivity index (χ0v) is 20.0. The molecule has 0 saturated carbocycles. The number of hydrazone groups is 1. The summed E-state index contributed by atoms with van der Waals surface area (Å²) < 4.78 is 5.26. The minimum absolute atomic E-state index is 0.0177. The number of hydrogen-bond acceptors (Lipinski definition) is 6. The zero-order valence-electron chi connectivity index (χ0n) is 19.2. The molecule has 33 heavy (non-hydrogen) atoms. The van der Waals surface area contributed by atoms with Crippen molar-refractivity contribution in [1.82, 2.24) is 15.6 Å². The number of hydrogen-bond donors (Lipinski definition) is 2. The van der Waals surface area contributed by atoms with Crippen molar-refractivity contribution in [3.63, 3.8) is 0 Å². The number of rotatable bonds is 7. The van der Waals surface area contributed by atoms with Crippen LogP contribution in [0.2, 0.25) is 0 Å². The average Bonchev–Trinajstić information content (AvgIpc) is 3.28. The largest absolute Gasteiger partial charge is 0.497 e. The zero-order chi connectivity index (χ0) is 23.4. The molecule has 7 nitrogen and oxygen atoms in total. The van der Waals surface area contributed by atoms with E-state index in [4.69, 9.17) is 9.84 Å². The van der Waals surface area contributed by atoms with Crippen LogP contribution in [0.5, 0.6) is 5.75 Å². The number of methoxy groups -OCH3 is 1.